The molecule has 1 aromatic rings. The van der Waals surface area contributed by atoms with Crippen molar-refractivity contribution >= 4 is 11.6 Å². The molecular weight excluding hydrogens is 280 g/mol. The zero-order valence-corrected chi connectivity index (χ0v) is 13.7. The van der Waals surface area contributed by atoms with E-state index in [1.54, 1.807) is 0 Å². The van der Waals surface area contributed by atoms with Crippen LogP contribution in [-0.2, 0) is 6.42 Å². The Balaban J connectivity index is 1.65. The van der Waals surface area contributed by atoms with Gasteiger partial charge in [-0.15, -0.1) is 0 Å². The Morgan fingerprint density at radius 1 is 1.33 bits per heavy atom. The molecular formula is C18H27ClN2. The molecule has 1 aromatic carbocycles. The molecule has 21 heavy (non-hydrogen) atoms. The van der Waals surface area contributed by atoms with Gasteiger partial charge in [0, 0.05) is 30.2 Å². The molecule has 1 aliphatic carbocycles. The summed E-state index contributed by atoms with van der Waals surface area (Å²) in [5.74, 6) is 1.60. The van der Waals surface area contributed by atoms with Crippen LogP contribution in [0.3, 0.4) is 0 Å². The second-order valence-corrected chi connectivity index (χ2v) is 7.40. The summed E-state index contributed by atoms with van der Waals surface area (Å²) in [4.78, 5) is 2.68. The number of halogens is 1. The molecule has 3 unspecified atom stereocenters. The van der Waals surface area contributed by atoms with Crippen molar-refractivity contribution in [2.24, 2.45) is 17.6 Å². The maximum Gasteiger partial charge on any atom is 0.0408 e. The number of hydrogen-bond donors (Lipinski definition) is 1. The smallest absolute Gasteiger partial charge is 0.0408 e. The van der Waals surface area contributed by atoms with Crippen molar-refractivity contribution in [3.05, 3.63) is 34.9 Å². The molecule has 2 N–H and O–H groups in total. The second-order valence-electron chi connectivity index (χ2n) is 6.96. The lowest BCUT2D eigenvalue weighted by atomic mass is 9.87. The van der Waals surface area contributed by atoms with Crippen LogP contribution in [0.15, 0.2) is 24.3 Å². The summed E-state index contributed by atoms with van der Waals surface area (Å²) in [5, 5.41) is 0.842. The van der Waals surface area contributed by atoms with E-state index in [0.717, 1.165) is 36.4 Å². The highest BCUT2D eigenvalue weighted by Gasteiger charge is 2.37. The molecule has 0 amide bonds. The minimum atomic E-state index is 0.329. The Kier molecular flexibility index (Phi) is 4.88. The van der Waals surface area contributed by atoms with Gasteiger partial charge in [-0.3, -0.25) is 4.90 Å². The van der Waals surface area contributed by atoms with Crippen LogP contribution in [0.1, 0.15) is 38.2 Å². The molecule has 2 nitrogen and oxygen atoms in total. The van der Waals surface area contributed by atoms with E-state index in [0.29, 0.717) is 12.0 Å². The first kappa shape index (κ1) is 15.3. The van der Waals surface area contributed by atoms with E-state index in [9.17, 15) is 0 Å². The van der Waals surface area contributed by atoms with Gasteiger partial charge in [0.2, 0.25) is 0 Å². The Labute approximate surface area is 133 Å². The Morgan fingerprint density at radius 2 is 2.14 bits per heavy atom. The Bertz CT molecular complexity index is 472. The molecule has 1 heterocycles. The normalized spacial score (nSPS) is 28.5. The van der Waals surface area contributed by atoms with E-state index >= 15 is 0 Å². The SMILES string of the molecule is CCC(C1CC1)N1CC(N)CC(Cc2cccc(Cl)c2)C1. The molecule has 3 heteroatoms. The topological polar surface area (TPSA) is 29.3 Å². The summed E-state index contributed by atoms with van der Waals surface area (Å²) in [6.07, 6.45) is 6.35. The van der Waals surface area contributed by atoms with E-state index in [2.05, 4.69) is 30.0 Å². The third-order valence-electron chi connectivity index (χ3n) is 5.06. The number of likely N-dealkylation sites (tertiary alicyclic amines) is 1. The zero-order chi connectivity index (χ0) is 14.8. The number of nitrogens with two attached hydrogens (primary N) is 1. The number of rotatable bonds is 5. The molecule has 0 radical (unpaired) electrons. The molecule has 0 aromatic heterocycles. The summed E-state index contributed by atoms with van der Waals surface area (Å²) in [6.45, 7) is 4.62. The van der Waals surface area contributed by atoms with E-state index in [1.165, 1.54) is 31.4 Å². The number of piperidine rings is 1. The maximum atomic E-state index is 6.34. The van der Waals surface area contributed by atoms with Crippen molar-refractivity contribution in [2.75, 3.05) is 13.1 Å². The van der Waals surface area contributed by atoms with E-state index in [-0.39, 0.29) is 0 Å². The molecule has 3 atom stereocenters. The highest BCUT2D eigenvalue weighted by molar-refractivity contribution is 6.30. The van der Waals surface area contributed by atoms with Gasteiger partial charge in [0.05, 0.1) is 0 Å². The average molecular weight is 307 g/mol. The van der Waals surface area contributed by atoms with Crippen molar-refractivity contribution in [3.8, 4) is 0 Å². The minimum absolute atomic E-state index is 0.329. The minimum Gasteiger partial charge on any atom is -0.327 e. The Hall–Kier alpha value is -0.570. The summed E-state index contributed by atoms with van der Waals surface area (Å²) < 4.78 is 0. The van der Waals surface area contributed by atoms with Gasteiger partial charge in [-0.05, 0) is 61.6 Å². The molecule has 0 spiro atoms. The van der Waals surface area contributed by atoms with E-state index in [4.69, 9.17) is 17.3 Å². The monoisotopic (exact) mass is 306 g/mol. The van der Waals surface area contributed by atoms with E-state index < -0.39 is 0 Å². The van der Waals surface area contributed by atoms with Crippen molar-refractivity contribution in [3.63, 3.8) is 0 Å². The van der Waals surface area contributed by atoms with Crippen LogP contribution >= 0.6 is 11.6 Å². The van der Waals surface area contributed by atoms with Gasteiger partial charge in [0.1, 0.15) is 0 Å². The van der Waals surface area contributed by atoms with Crippen LogP contribution in [0, 0.1) is 11.8 Å². The van der Waals surface area contributed by atoms with Gasteiger partial charge >= 0.3 is 0 Å². The van der Waals surface area contributed by atoms with Gasteiger partial charge < -0.3 is 5.73 Å². The first-order chi connectivity index (χ1) is 10.2. The third-order valence-corrected chi connectivity index (χ3v) is 5.30. The fourth-order valence-corrected chi connectivity index (χ4v) is 4.28. The standard InChI is InChI=1S/C18H27ClN2/c1-2-18(15-6-7-15)21-11-14(10-17(20)12-21)8-13-4-3-5-16(19)9-13/h3-5,9,14-15,17-18H,2,6-8,10-12,20H2,1H3. The van der Waals surface area contributed by atoms with Crippen LogP contribution in [-0.4, -0.2) is 30.1 Å². The lowest BCUT2D eigenvalue weighted by Crippen LogP contribution is -2.52. The fraction of sp³-hybridized carbons (Fsp3) is 0.667. The molecule has 1 saturated carbocycles. The van der Waals surface area contributed by atoms with Crippen LogP contribution in [0.5, 0.6) is 0 Å². The molecule has 1 aliphatic heterocycles. The molecule has 0 bridgehead atoms. The lowest BCUT2D eigenvalue weighted by Gasteiger charge is -2.41. The number of hydrogen-bond acceptors (Lipinski definition) is 2. The van der Waals surface area contributed by atoms with Crippen LogP contribution in [0.4, 0.5) is 0 Å². The van der Waals surface area contributed by atoms with E-state index in [1.807, 2.05) is 6.07 Å². The van der Waals surface area contributed by atoms with Gasteiger partial charge in [-0.1, -0.05) is 30.7 Å². The molecule has 2 aliphatic rings. The second kappa shape index (κ2) is 6.68. The largest absolute Gasteiger partial charge is 0.327 e. The molecule has 116 valence electrons. The van der Waals surface area contributed by atoms with Gasteiger partial charge in [0.25, 0.3) is 0 Å². The lowest BCUT2D eigenvalue weighted by molar-refractivity contribution is 0.0942. The highest BCUT2D eigenvalue weighted by Crippen LogP contribution is 2.38. The summed E-state index contributed by atoms with van der Waals surface area (Å²) >= 11 is 6.11. The van der Waals surface area contributed by atoms with Gasteiger partial charge in [0.15, 0.2) is 0 Å². The van der Waals surface area contributed by atoms with Gasteiger partial charge in [-0.2, -0.15) is 0 Å². The van der Waals surface area contributed by atoms with Crippen LogP contribution in [0.2, 0.25) is 5.02 Å². The molecule has 2 fully saturated rings. The first-order valence-electron chi connectivity index (χ1n) is 8.39. The number of benzene rings is 1. The summed E-state index contributed by atoms with van der Waals surface area (Å²) in [5.41, 5.74) is 7.69. The van der Waals surface area contributed by atoms with Crippen molar-refractivity contribution in [1.29, 1.82) is 0 Å². The quantitative estimate of drug-likeness (QED) is 0.898. The Morgan fingerprint density at radius 3 is 2.81 bits per heavy atom. The predicted octanol–water partition coefficient (Wildman–Crippen LogP) is 3.72. The van der Waals surface area contributed by atoms with Crippen LogP contribution in [0.25, 0.3) is 0 Å². The predicted molar refractivity (Wildman–Crippen MR) is 89.6 cm³/mol. The average Bonchev–Trinajstić information content (AvgIpc) is 3.23. The summed E-state index contributed by atoms with van der Waals surface area (Å²) in [7, 11) is 0. The van der Waals surface area contributed by atoms with Crippen LogP contribution < -0.4 is 5.73 Å². The van der Waals surface area contributed by atoms with Crippen molar-refractivity contribution < 1.29 is 0 Å². The molecule has 3 rings (SSSR count). The zero-order valence-electron chi connectivity index (χ0n) is 13.0. The maximum absolute atomic E-state index is 6.34. The summed E-state index contributed by atoms with van der Waals surface area (Å²) in [6, 6.07) is 9.38. The fourth-order valence-electron chi connectivity index (χ4n) is 4.07. The molecule has 1 saturated heterocycles. The number of nitrogens with zero attached hydrogens (tertiary/aromatic N) is 1. The third kappa shape index (κ3) is 4.00. The highest BCUT2D eigenvalue weighted by atomic mass is 35.5. The van der Waals surface area contributed by atoms with Gasteiger partial charge in [-0.25, -0.2) is 0 Å². The first-order valence-corrected chi connectivity index (χ1v) is 8.77. The van der Waals surface area contributed by atoms with Crippen molar-refractivity contribution in [2.45, 2.75) is 51.1 Å². The van der Waals surface area contributed by atoms with Crippen molar-refractivity contribution in [1.82, 2.24) is 4.90 Å².